The number of aromatic carboxylic acids is 1. The van der Waals surface area contributed by atoms with Gasteiger partial charge >= 0.3 is 11.7 Å². The second-order valence-electron chi connectivity index (χ2n) is 2.67. The van der Waals surface area contributed by atoms with E-state index in [0.717, 1.165) is 6.20 Å². The van der Waals surface area contributed by atoms with Crippen molar-refractivity contribution in [1.29, 1.82) is 0 Å². The lowest BCUT2D eigenvalue weighted by atomic mass is 10.4. The topological polar surface area (TPSA) is 129 Å². The number of H-pyrrole nitrogens is 2. The molecule has 0 fully saturated rings. The fourth-order valence-corrected chi connectivity index (χ4v) is 1.04. The van der Waals surface area contributed by atoms with Gasteiger partial charge in [0, 0.05) is 0 Å². The van der Waals surface area contributed by atoms with Crippen LogP contribution in [0.4, 0.5) is 0 Å². The van der Waals surface area contributed by atoms with Crippen LogP contribution in [0.15, 0.2) is 15.8 Å². The lowest BCUT2D eigenvalue weighted by Gasteiger charge is -1.95. The minimum Gasteiger partial charge on any atom is -0.476 e. The lowest BCUT2D eigenvalue weighted by Crippen LogP contribution is -2.23. The van der Waals surface area contributed by atoms with Crippen LogP contribution in [0.3, 0.4) is 0 Å². The molecule has 0 aliphatic rings. The quantitative estimate of drug-likeness (QED) is 0.534. The number of fused-ring (bicyclic) bond motifs is 1. The van der Waals surface area contributed by atoms with Gasteiger partial charge in [-0.05, 0) is 0 Å². The van der Waals surface area contributed by atoms with Gasteiger partial charge in [-0.25, -0.2) is 19.6 Å². The highest BCUT2D eigenvalue weighted by Crippen LogP contribution is 1.98. The minimum atomic E-state index is -1.30. The Morgan fingerprint density at radius 3 is 2.73 bits per heavy atom. The van der Waals surface area contributed by atoms with Gasteiger partial charge in [-0.15, -0.1) is 0 Å². The van der Waals surface area contributed by atoms with Crippen LogP contribution in [0, 0.1) is 0 Å². The lowest BCUT2D eigenvalue weighted by molar-refractivity contribution is 0.0690. The van der Waals surface area contributed by atoms with E-state index >= 15 is 0 Å². The molecule has 0 bridgehead atoms. The Hall–Kier alpha value is -2.51. The van der Waals surface area contributed by atoms with Crippen LogP contribution in [0.25, 0.3) is 11.2 Å². The third-order valence-corrected chi connectivity index (χ3v) is 1.67. The molecule has 0 radical (unpaired) electrons. The van der Waals surface area contributed by atoms with Crippen LogP contribution in [-0.2, 0) is 0 Å². The Bertz CT molecular complexity index is 656. The van der Waals surface area contributed by atoms with Crippen LogP contribution < -0.4 is 11.2 Å². The predicted octanol–water partition coefficient (Wildman–Crippen LogP) is -1.30. The second kappa shape index (κ2) is 3.01. The number of nitrogens with one attached hydrogen (secondary N) is 2. The first-order valence-corrected chi connectivity index (χ1v) is 3.80. The fourth-order valence-electron chi connectivity index (χ4n) is 1.04. The van der Waals surface area contributed by atoms with E-state index in [-0.39, 0.29) is 16.9 Å². The van der Waals surface area contributed by atoms with Crippen LogP contribution >= 0.6 is 0 Å². The fraction of sp³-hybridized carbons (Fsp3) is 0. The highest BCUT2D eigenvalue weighted by molar-refractivity contribution is 5.87. The summed E-state index contributed by atoms with van der Waals surface area (Å²) in [5.74, 6) is -1.30. The van der Waals surface area contributed by atoms with Crippen molar-refractivity contribution in [2.45, 2.75) is 0 Å². The summed E-state index contributed by atoms with van der Waals surface area (Å²) in [6.07, 6.45) is 0.958. The number of hydrogen-bond donors (Lipinski definition) is 3. The number of hydrogen-bond acceptors (Lipinski definition) is 5. The van der Waals surface area contributed by atoms with E-state index in [1.807, 2.05) is 4.98 Å². The van der Waals surface area contributed by atoms with Crippen molar-refractivity contribution in [2.24, 2.45) is 0 Å². The maximum absolute atomic E-state index is 11.2. The summed E-state index contributed by atoms with van der Waals surface area (Å²) in [4.78, 5) is 43.8. The van der Waals surface area contributed by atoms with Crippen LogP contribution in [0.5, 0.6) is 0 Å². The highest BCUT2D eigenvalue weighted by atomic mass is 16.4. The summed E-state index contributed by atoms with van der Waals surface area (Å²) in [6, 6.07) is 0. The molecule has 2 aromatic rings. The smallest absolute Gasteiger partial charge is 0.356 e. The molecule has 2 aromatic heterocycles. The van der Waals surface area contributed by atoms with Gasteiger partial charge in [0.2, 0.25) is 0 Å². The Labute approximate surface area is 80.6 Å². The molecule has 0 atom stereocenters. The molecule has 0 amide bonds. The molecule has 0 aliphatic heterocycles. The van der Waals surface area contributed by atoms with Gasteiger partial charge < -0.3 is 5.11 Å². The SMILES string of the molecule is O=C(O)c1cnc2[nH]c(=O)[nH]c(=O)c2n1. The molecule has 15 heavy (non-hydrogen) atoms. The average molecular weight is 208 g/mol. The van der Waals surface area contributed by atoms with Gasteiger partial charge in [-0.1, -0.05) is 0 Å². The number of rotatable bonds is 1. The second-order valence-corrected chi connectivity index (χ2v) is 2.67. The molecule has 2 heterocycles. The summed E-state index contributed by atoms with van der Waals surface area (Å²) in [5, 5.41) is 8.60. The zero-order chi connectivity index (χ0) is 11.0. The molecule has 2 rings (SSSR count). The van der Waals surface area contributed by atoms with E-state index in [9.17, 15) is 14.4 Å². The Balaban J connectivity index is 2.89. The van der Waals surface area contributed by atoms with Gasteiger partial charge in [0.25, 0.3) is 5.56 Å². The van der Waals surface area contributed by atoms with Crippen LogP contribution in [0.2, 0.25) is 0 Å². The maximum atomic E-state index is 11.2. The number of carboxylic acid groups (broad SMARTS) is 1. The molecular weight excluding hydrogens is 204 g/mol. The number of nitrogens with zero attached hydrogens (tertiary/aromatic N) is 2. The normalized spacial score (nSPS) is 10.4. The first kappa shape index (κ1) is 9.06. The summed E-state index contributed by atoms with van der Waals surface area (Å²) in [7, 11) is 0. The molecule has 0 spiro atoms. The summed E-state index contributed by atoms with van der Waals surface area (Å²) < 4.78 is 0. The number of aromatic amines is 2. The molecule has 76 valence electrons. The molecular formula is C7H4N4O4. The first-order chi connectivity index (χ1) is 7.08. The molecule has 0 saturated heterocycles. The zero-order valence-electron chi connectivity index (χ0n) is 7.14. The summed E-state index contributed by atoms with van der Waals surface area (Å²) in [6.45, 7) is 0. The van der Waals surface area contributed by atoms with Gasteiger partial charge in [-0.3, -0.25) is 14.8 Å². The number of carboxylic acids is 1. The van der Waals surface area contributed by atoms with Crippen LogP contribution in [-0.4, -0.2) is 31.0 Å². The van der Waals surface area contributed by atoms with Gasteiger partial charge in [0.15, 0.2) is 16.9 Å². The summed E-state index contributed by atoms with van der Waals surface area (Å²) in [5.41, 5.74) is -2.11. The zero-order valence-corrected chi connectivity index (χ0v) is 7.14. The molecule has 3 N–H and O–H groups in total. The average Bonchev–Trinajstić information content (AvgIpc) is 2.16. The molecule has 0 saturated carbocycles. The van der Waals surface area contributed by atoms with Gasteiger partial charge in [-0.2, -0.15) is 0 Å². The third-order valence-electron chi connectivity index (χ3n) is 1.67. The molecule has 8 heteroatoms. The Morgan fingerprint density at radius 2 is 2.07 bits per heavy atom. The first-order valence-electron chi connectivity index (χ1n) is 3.80. The van der Waals surface area contributed by atoms with Gasteiger partial charge in [0.05, 0.1) is 6.20 Å². The van der Waals surface area contributed by atoms with E-state index in [0.29, 0.717) is 0 Å². The van der Waals surface area contributed by atoms with E-state index in [1.165, 1.54) is 0 Å². The summed E-state index contributed by atoms with van der Waals surface area (Å²) >= 11 is 0. The highest BCUT2D eigenvalue weighted by Gasteiger charge is 2.09. The van der Waals surface area contributed by atoms with Crippen molar-refractivity contribution in [3.63, 3.8) is 0 Å². The van der Waals surface area contributed by atoms with E-state index in [2.05, 4.69) is 15.0 Å². The van der Waals surface area contributed by atoms with E-state index in [4.69, 9.17) is 5.11 Å². The molecule has 0 aromatic carbocycles. The van der Waals surface area contributed by atoms with Crippen LogP contribution in [0.1, 0.15) is 10.5 Å². The Morgan fingerprint density at radius 1 is 1.33 bits per heavy atom. The Kier molecular flexibility index (Phi) is 1.82. The van der Waals surface area contributed by atoms with Crippen molar-refractivity contribution in [1.82, 2.24) is 19.9 Å². The minimum absolute atomic E-state index is 0.0475. The molecule has 8 nitrogen and oxygen atoms in total. The van der Waals surface area contributed by atoms with Gasteiger partial charge in [0.1, 0.15) is 0 Å². The monoisotopic (exact) mass is 208 g/mol. The molecule has 0 unspecified atom stereocenters. The van der Waals surface area contributed by atoms with Crippen molar-refractivity contribution in [3.05, 3.63) is 32.7 Å². The van der Waals surface area contributed by atoms with Crippen molar-refractivity contribution >= 4 is 17.1 Å². The van der Waals surface area contributed by atoms with Crippen molar-refractivity contribution in [3.8, 4) is 0 Å². The third kappa shape index (κ3) is 1.47. The number of carbonyl (C=O) groups is 1. The van der Waals surface area contributed by atoms with E-state index in [1.54, 1.807) is 0 Å². The molecule has 0 aliphatic carbocycles. The van der Waals surface area contributed by atoms with Crippen molar-refractivity contribution < 1.29 is 9.90 Å². The predicted molar refractivity (Wildman–Crippen MR) is 47.7 cm³/mol. The standard InChI is InChI=1S/C7H4N4O4/c12-5-3-4(10-7(15)11-5)8-1-2(9-3)6(13)14/h1H,(H,13,14)(H2,8,10,11,12,15). The largest absolute Gasteiger partial charge is 0.476 e. The maximum Gasteiger partial charge on any atom is 0.356 e. The number of aromatic nitrogens is 4. The van der Waals surface area contributed by atoms with E-state index < -0.39 is 17.2 Å². The van der Waals surface area contributed by atoms with Crippen molar-refractivity contribution in [2.75, 3.05) is 0 Å².